The van der Waals surface area contributed by atoms with Crippen LogP contribution in [0.15, 0.2) is 29.8 Å². The fourth-order valence-corrected chi connectivity index (χ4v) is 2.70. The second kappa shape index (κ2) is 5.50. The highest BCUT2D eigenvalue weighted by atomic mass is 14.6. The van der Waals surface area contributed by atoms with Crippen molar-refractivity contribution in [1.82, 2.24) is 0 Å². The molecular weight excluding hydrogens is 206 g/mol. The Balaban J connectivity index is 2.19. The third kappa shape index (κ3) is 3.19. The number of benzene rings is 1. The van der Waals surface area contributed by atoms with Crippen molar-refractivity contribution in [1.29, 1.82) is 0 Å². The molecule has 1 aromatic rings. The Labute approximate surface area is 105 Å². The molecule has 92 valence electrons. The van der Waals surface area contributed by atoms with Gasteiger partial charge in [-0.3, -0.25) is 0 Å². The average Bonchev–Trinajstić information content (AvgIpc) is 2.48. The van der Waals surface area contributed by atoms with Crippen molar-refractivity contribution in [3.63, 3.8) is 0 Å². The van der Waals surface area contributed by atoms with E-state index in [1.807, 2.05) is 0 Å². The molecule has 1 aliphatic carbocycles. The van der Waals surface area contributed by atoms with Crippen LogP contribution in [0.2, 0.25) is 0 Å². The minimum atomic E-state index is 0.275. The third-order valence-corrected chi connectivity index (χ3v) is 3.78. The van der Waals surface area contributed by atoms with Crippen LogP contribution in [-0.4, -0.2) is 6.04 Å². The minimum Gasteiger partial charge on any atom is -0.324 e. The molecule has 0 heterocycles. The lowest BCUT2D eigenvalue weighted by atomic mass is 9.94. The molecule has 0 radical (unpaired) electrons. The first kappa shape index (κ1) is 12.4. The van der Waals surface area contributed by atoms with Crippen LogP contribution in [0.4, 0.5) is 0 Å². The molecule has 0 spiro atoms. The largest absolute Gasteiger partial charge is 0.324 e. The van der Waals surface area contributed by atoms with Crippen molar-refractivity contribution in [2.45, 2.75) is 52.0 Å². The molecule has 0 amide bonds. The van der Waals surface area contributed by atoms with Crippen molar-refractivity contribution in [2.24, 2.45) is 5.73 Å². The van der Waals surface area contributed by atoms with Crippen LogP contribution in [0.5, 0.6) is 0 Å². The average molecular weight is 229 g/mol. The van der Waals surface area contributed by atoms with Gasteiger partial charge in [0.05, 0.1) is 0 Å². The van der Waals surface area contributed by atoms with Gasteiger partial charge in [-0.2, -0.15) is 0 Å². The van der Waals surface area contributed by atoms with Gasteiger partial charge in [-0.05, 0) is 56.2 Å². The van der Waals surface area contributed by atoms with Crippen LogP contribution in [-0.2, 0) is 6.42 Å². The van der Waals surface area contributed by atoms with Crippen molar-refractivity contribution in [2.75, 3.05) is 0 Å². The Kier molecular flexibility index (Phi) is 4.01. The van der Waals surface area contributed by atoms with Gasteiger partial charge in [-0.15, -0.1) is 0 Å². The molecule has 0 aromatic heterocycles. The summed E-state index contributed by atoms with van der Waals surface area (Å²) in [6, 6.07) is 6.83. The van der Waals surface area contributed by atoms with Crippen LogP contribution >= 0.6 is 0 Å². The third-order valence-electron chi connectivity index (χ3n) is 3.78. The summed E-state index contributed by atoms with van der Waals surface area (Å²) < 4.78 is 0. The zero-order valence-electron chi connectivity index (χ0n) is 11.0. The Morgan fingerprint density at radius 2 is 1.88 bits per heavy atom. The molecule has 0 saturated carbocycles. The molecule has 0 bridgehead atoms. The van der Waals surface area contributed by atoms with Crippen LogP contribution in [0.3, 0.4) is 0 Å². The van der Waals surface area contributed by atoms with Gasteiger partial charge in [-0.1, -0.05) is 36.3 Å². The summed E-state index contributed by atoms with van der Waals surface area (Å²) in [7, 11) is 0. The van der Waals surface area contributed by atoms with Crippen LogP contribution < -0.4 is 5.73 Å². The number of aryl methyl sites for hydroxylation is 2. The Bertz CT molecular complexity index is 397. The summed E-state index contributed by atoms with van der Waals surface area (Å²) in [5.74, 6) is 0. The summed E-state index contributed by atoms with van der Waals surface area (Å²) in [5, 5.41) is 0. The SMILES string of the molecule is Cc1cccc(C)c1CC1=CC(N)CCCC1. The van der Waals surface area contributed by atoms with E-state index in [1.54, 1.807) is 0 Å². The molecule has 17 heavy (non-hydrogen) atoms. The van der Waals surface area contributed by atoms with Crippen LogP contribution in [0.25, 0.3) is 0 Å². The zero-order chi connectivity index (χ0) is 12.3. The molecule has 1 heteroatoms. The number of hydrogen-bond acceptors (Lipinski definition) is 1. The summed E-state index contributed by atoms with van der Waals surface area (Å²) in [4.78, 5) is 0. The van der Waals surface area contributed by atoms with E-state index in [1.165, 1.54) is 41.5 Å². The first-order valence-electron chi connectivity index (χ1n) is 6.67. The number of hydrogen-bond donors (Lipinski definition) is 1. The lowest BCUT2D eigenvalue weighted by Gasteiger charge is -2.12. The van der Waals surface area contributed by atoms with E-state index in [2.05, 4.69) is 38.1 Å². The maximum atomic E-state index is 6.08. The standard InChI is InChI=1S/C16H23N/c1-12-6-5-7-13(2)16(12)11-14-8-3-4-9-15(17)10-14/h5-7,10,15H,3-4,8-9,11,17H2,1-2H3. The summed E-state index contributed by atoms with van der Waals surface area (Å²) in [5.41, 5.74) is 11.9. The highest BCUT2D eigenvalue weighted by molar-refractivity contribution is 5.37. The molecule has 1 aromatic carbocycles. The molecule has 1 nitrogen and oxygen atoms in total. The van der Waals surface area contributed by atoms with Gasteiger partial charge in [0.2, 0.25) is 0 Å². The molecule has 1 atom stereocenters. The maximum absolute atomic E-state index is 6.08. The van der Waals surface area contributed by atoms with E-state index in [9.17, 15) is 0 Å². The predicted octanol–water partition coefficient (Wildman–Crippen LogP) is 3.67. The predicted molar refractivity (Wildman–Crippen MR) is 74.1 cm³/mol. The Morgan fingerprint density at radius 1 is 1.18 bits per heavy atom. The molecule has 0 fully saturated rings. The highest BCUT2D eigenvalue weighted by Crippen LogP contribution is 2.23. The normalized spacial score (nSPS) is 20.9. The van der Waals surface area contributed by atoms with Crippen LogP contribution in [0.1, 0.15) is 42.4 Å². The van der Waals surface area contributed by atoms with Gasteiger partial charge < -0.3 is 5.73 Å². The van der Waals surface area contributed by atoms with Crippen molar-refractivity contribution in [3.8, 4) is 0 Å². The summed E-state index contributed by atoms with van der Waals surface area (Å²) in [6.07, 6.45) is 8.33. The molecule has 1 aliphatic rings. The second-order valence-electron chi connectivity index (χ2n) is 5.28. The fraction of sp³-hybridized carbons (Fsp3) is 0.500. The summed E-state index contributed by atoms with van der Waals surface area (Å²) >= 11 is 0. The van der Waals surface area contributed by atoms with Crippen molar-refractivity contribution < 1.29 is 0 Å². The van der Waals surface area contributed by atoms with Gasteiger partial charge in [-0.25, -0.2) is 0 Å². The first-order chi connectivity index (χ1) is 8.16. The van der Waals surface area contributed by atoms with Gasteiger partial charge in [0.15, 0.2) is 0 Å². The minimum absolute atomic E-state index is 0.275. The number of rotatable bonds is 2. The maximum Gasteiger partial charge on any atom is 0.0226 e. The van der Waals surface area contributed by atoms with Gasteiger partial charge >= 0.3 is 0 Å². The molecular formula is C16H23N. The second-order valence-corrected chi connectivity index (χ2v) is 5.28. The van der Waals surface area contributed by atoms with Crippen molar-refractivity contribution >= 4 is 0 Å². The molecule has 2 rings (SSSR count). The lowest BCUT2D eigenvalue weighted by molar-refractivity contribution is 0.654. The summed E-state index contributed by atoms with van der Waals surface area (Å²) in [6.45, 7) is 4.42. The van der Waals surface area contributed by atoms with E-state index in [0.29, 0.717) is 0 Å². The first-order valence-corrected chi connectivity index (χ1v) is 6.67. The molecule has 0 saturated heterocycles. The van der Waals surface area contributed by atoms with E-state index < -0.39 is 0 Å². The van der Waals surface area contributed by atoms with E-state index in [4.69, 9.17) is 5.73 Å². The molecule has 2 N–H and O–H groups in total. The van der Waals surface area contributed by atoms with E-state index in [-0.39, 0.29) is 6.04 Å². The number of allylic oxidation sites excluding steroid dienone is 1. The van der Waals surface area contributed by atoms with Gasteiger partial charge in [0, 0.05) is 6.04 Å². The number of nitrogens with two attached hydrogens (primary N) is 1. The van der Waals surface area contributed by atoms with E-state index in [0.717, 1.165) is 12.8 Å². The van der Waals surface area contributed by atoms with Gasteiger partial charge in [0.1, 0.15) is 0 Å². The Hall–Kier alpha value is -1.08. The highest BCUT2D eigenvalue weighted by Gasteiger charge is 2.11. The van der Waals surface area contributed by atoms with Gasteiger partial charge in [0.25, 0.3) is 0 Å². The molecule has 1 unspecified atom stereocenters. The quantitative estimate of drug-likeness (QED) is 0.769. The zero-order valence-corrected chi connectivity index (χ0v) is 11.0. The van der Waals surface area contributed by atoms with Crippen molar-refractivity contribution in [3.05, 3.63) is 46.5 Å². The van der Waals surface area contributed by atoms with E-state index >= 15 is 0 Å². The van der Waals surface area contributed by atoms with Crippen LogP contribution in [0, 0.1) is 13.8 Å². The molecule has 0 aliphatic heterocycles. The Morgan fingerprint density at radius 3 is 2.59 bits per heavy atom. The fourth-order valence-electron chi connectivity index (χ4n) is 2.70. The topological polar surface area (TPSA) is 26.0 Å². The lowest BCUT2D eigenvalue weighted by Crippen LogP contribution is -2.16. The smallest absolute Gasteiger partial charge is 0.0226 e. The monoisotopic (exact) mass is 229 g/mol.